The summed E-state index contributed by atoms with van der Waals surface area (Å²) in [5, 5.41) is 20.7. The number of nitriles is 2. The minimum Gasteiger partial charge on any atom is -0.388 e. The third kappa shape index (κ3) is 3.20. The second-order valence-electron chi connectivity index (χ2n) is 3.00. The summed E-state index contributed by atoms with van der Waals surface area (Å²) in [5.74, 6) is 0. The topological polar surface area (TPSA) is 85.6 Å². The van der Waals surface area contributed by atoms with Crippen molar-refractivity contribution in [2.45, 2.75) is 6.54 Å². The fraction of sp³-hybridized carbons (Fsp3) is 0.0909. The predicted octanol–water partition coefficient (Wildman–Crippen LogP) is 1.65. The zero-order valence-electron chi connectivity index (χ0n) is 8.37. The van der Waals surface area contributed by atoms with E-state index in [1.165, 1.54) is 0 Å². The molecule has 16 heavy (non-hydrogen) atoms. The molecule has 3 N–H and O–H groups in total. The van der Waals surface area contributed by atoms with Crippen molar-refractivity contribution in [3.8, 4) is 12.1 Å². The summed E-state index contributed by atoms with van der Waals surface area (Å²) in [7, 11) is 0. The van der Waals surface area contributed by atoms with Gasteiger partial charge in [0.2, 0.25) is 0 Å². The van der Waals surface area contributed by atoms with E-state index in [-0.39, 0.29) is 11.4 Å². The summed E-state index contributed by atoms with van der Waals surface area (Å²) in [6, 6.07) is 10.7. The van der Waals surface area contributed by atoms with E-state index in [0.29, 0.717) is 11.6 Å². The average Bonchev–Trinajstić information content (AvgIpc) is 2.29. The van der Waals surface area contributed by atoms with Gasteiger partial charge in [0.15, 0.2) is 0 Å². The van der Waals surface area contributed by atoms with Crippen molar-refractivity contribution in [2.75, 3.05) is 0 Å². The van der Waals surface area contributed by atoms with Crippen LogP contribution < -0.4 is 11.1 Å². The predicted molar refractivity (Wildman–Crippen MR) is 60.7 cm³/mol. The molecule has 0 aliphatic carbocycles. The Balaban J connectivity index is 2.73. The van der Waals surface area contributed by atoms with E-state index < -0.39 is 0 Å². The fourth-order valence-electron chi connectivity index (χ4n) is 1.09. The Bertz CT molecular complexity index is 493. The van der Waals surface area contributed by atoms with Gasteiger partial charge in [0.25, 0.3) is 0 Å². The van der Waals surface area contributed by atoms with Gasteiger partial charge in [0.05, 0.1) is 0 Å². The van der Waals surface area contributed by atoms with Crippen molar-refractivity contribution in [1.82, 2.24) is 5.32 Å². The molecule has 0 aromatic heterocycles. The summed E-state index contributed by atoms with van der Waals surface area (Å²) in [6.45, 7) is 0.395. The van der Waals surface area contributed by atoms with Crippen molar-refractivity contribution in [1.29, 1.82) is 10.5 Å². The Morgan fingerprint density at radius 3 is 2.69 bits per heavy atom. The van der Waals surface area contributed by atoms with Gasteiger partial charge < -0.3 is 11.1 Å². The highest BCUT2D eigenvalue weighted by Gasteiger charge is 2.01. The molecule has 0 fully saturated rings. The molecule has 0 aliphatic heterocycles. The van der Waals surface area contributed by atoms with E-state index in [4.69, 9.17) is 27.9 Å². The smallest absolute Gasteiger partial charge is 0.148 e. The summed E-state index contributed by atoms with van der Waals surface area (Å²) >= 11 is 5.80. The molecule has 0 aliphatic rings. The van der Waals surface area contributed by atoms with Crippen LogP contribution in [0, 0.1) is 22.7 Å². The molecule has 4 nitrogen and oxygen atoms in total. The van der Waals surface area contributed by atoms with Crippen molar-refractivity contribution in [2.24, 2.45) is 5.73 Å². The van der Waals surface area contributed by atoms with Gasteiger partial charge in [-0.1, -0.05) is 23.7 Å². The maximum atomic E-state index is 8.73. The van der Waals surface area contributed by atoms with Crippen molar-refractivity contribution in [3.63, 3.8) is 0 Å². The second-order valence-corrected chi connectivity index (χ2v) is 3.43. The standard InChI is InChI=1S/C11H9ClN4/c12-9-3-1-2-8(4-9)7-16-11(6-14)10(15)5-13/h1-4,16H,7,15H2. The van der Waals surface area contributed by atoms with Crippen LogP contribution in [0.4, 0.5) is 0 Å². The highest BCUT2D eigenvalue weighted by atomic mass is 35.5. The van der Waals surface area contributed by atoms with Gasteiger partial charge in [-0.05, 0) is 17.7 Å². The molecule has 5 heteroatoms. The number of allylic oxidation sites excluding steroid dienone is 2. The number of nitrogens with two attached hydrogens (primary N) is 1. The van der Waals surface area contributed by atoms with Gasteiger partial charge in [-0.2, -0.15) is 10.5 Å². The van der Waals surface area contributed by atoms with Crippen LogP contribution in [0.15, 0.2) is 35.7 Å². The maximum Gasteiger partial charge on any atom is 0.148 e. The Morgan fingerprint density at radius 2 is 2.12 bits per heavy atom. The Labute approximate surface area is 98.5 Å². The monoisotopic (exact) mass is 232 g/mol. The molecule has 80 valence electrons. The minimum atomic E-state index is -0.121. The fourth-order valence-corrected chi connectivity index (χ4v) is 1.30. The number of nitrogens with zero attached hydrogens (tertiary/aromatic N) is 2. The molecule has 0 spiro atoms. The number of benzene rings is 1. The van der Waals surface area contributed by atoms with Gasteiger partial charge in [0, 0.05) is 11.6 Å². The summed E-state index contributed by atoms with van der Waals surface area (Å²) in [5.41, 5.74) is 6.19. The first-order valence-electron chi connectivity index (χ1n) is 4.45. The zero-order chi connectivity index (χ0) is 12.0. The summed E-state index contributed by atoms with van der Waals surface area (Å²) in [4.78, 5) is 0. The van der Waals surface area contributed by atoms with E-state index in [1.807, 2.05) is 18.2 Å². The highest BCUT2D eigenvalue weighted by molar-refractivity contribution is 6.30. The molecule has 0 saturated carbocycles. The van der Waals surface area contributed by atoms with E-state index in [0.717, 1.165) is 5.56 Å². The number of nitrogens with one attached hydrogen (secondary N) is 1. The number of halogens is 1. The van der Waals surface area contributed by atoms with Crippen LogP contribution >= 0.6 is 11.6 Å². The van der Waals surface area contributed by atoms with Crippen LogP contribution in [-0.4, -0.2) is 0 Å². The molecule has 1 aromatic rings. The van der Waals surface area contributed by atoms with E-state index >= 15 is 0 Å². The lowest BCUT2D eigenvalue weighted by atomic mass is 10.2. The molecule has 0 bridgehead atoms. The van der Waals surface area contributed by atoms with Crippen LogP contribution in [0.25, 0.3) is 0 Å². The van der Waals surface area contributed by atoms with Crippen molar-refractivity contribution in [3.05, 3.63) is 46.2 Å². The molecule has 0 unspecified atom stereocenters. The van der Waals surface area contributed by atoms with Gasteiger partial charge in [0.1, 0.15) is 23.5 Å². The molecule has 0 amide bonds. The molecular weight excluding hydrogens is 224 g/mol. The Morgan fingerprint density at radius 1 is 1.38 bits per heavy atom. The van der Waals surface area contributed by atoms with Crippen molar-refractivity contribution >= 4 is 11.6 Å². The average molecular weight is 233 g/mol. The van der Waals surface area contributed by atoms with Gasteiger partial charge in [-0.3, -0.25) is 0 Å². The second kappa shape index (κ2) is 5.65. The number of hydrogen-bond acceptors (Lipinski definition) is 4. The SMILES string of the molecule is N#CC(N)=C(C#N)NCc1cccc(Cl)c1. The summed E-state index contributed by atoms with van der Waals surface area (Å²) < 4.78 is 0. The first kappa shape index (κ1) is 11.9. The molecule has 0 saturated heterocycles. The van der Waals surface area contributed by atoms with Crippen LogP contribution in [0.1, 0.15) is 5.56 Å². The Hall–Kier alpha value is -2.17. The van der Waals surface area contributed by atoms with Gasteiger partial charge in [-0.15, -0.1) is 0 Å². The largest absolute Gasteiger partial charge is 0.388 e. The number of hydrogen-bond donors (Lipinski definition) is 2. The quantitative estimate of drug-likeness (QED) is 0.776. The van der Waals surface area contributed by atoms with E-state index in [2.05, 4.69) is 5.32 Å². The Kier molecular flexibility index (Phi) is 4.20. The lowest BCUT2D eigenvalue weighted by Crippen LogP contribution is -2.16. The third-order valence-electron chi connectivity index (χ3n) is 1.86. The van der Waals surface area contributed by atoms with Crippen LogP contribution in [0.5, 0.6) is 0 Å². The normalized spacial score (nSPS) is 10.9. The highest BCUT2D eigenvalue weighted by Crippen LogP contribution is 2.10. The summed E-state index contributed by atoms with van der Waals surface area (Å²) in [6.07, 6.45) is 0. The molecule has 1 rings (SSSR count). The molecule has 0 radical (unpaired) electrons. The first-order valence-corrected chi connectivity index (χ1v) is 4.83. The van der Waals surface area contributed by atoms with Crippen molar-refractivity contribution < 1.29 is 0 Å². The van der Waals surface area contributed by atoms with E-state index in [1.54, 1.807) is 18.2 Å². The molecule has 1 aromatic carbocycles. The molecule has 0 heterocycles. The van der Waals surface area contributed by atoms with Crippen LogP contribution in [-0.2, 0) is 6.54 Å². The number of rotatable bonds is 3. The zero-order valence-corrected chi connectivity index (χ0v) is 9.12. The lowest BCUT2D eigenvalue weighted by Gasteiger charge is -2.05. The van der Waals surface area contributed by atoms with Crippen LogP contribution in [0.3, 0.4) is 0 Å². The van der Waals surface area contributed by atoms with E-state index in [9.17, 15) is 0 Å². The van der Waals surface area contributed by atoms with Crippen LogP contribution in [0.2, 0.25) is 5.02 Å². The molecule has 0 atom stereocenters. The van der Waals surface area contributed by atoms with Gasteiger partial charge in [-0.25, -0.2) is 0 Å². The lowest BCUT2D eigenvalue weighted by molar-refractivity contribution is 0.827. The van der Waals surface area contributed by atoms with Gasteiger partial charge >= 0.3 is 0 Å². The maximum absolute atomic E-state index is 8.73. The third-order valence-corrected chi connectivity index (χ3v) is 2.10. The first-order chi connectivity index (χ1) is 7.67. The molecular formula is C11H9ClN4. The minimum absolute atomic E-state index is 0.0717.